The van der Waals surface area contributed by atoms with Crippen LogP contribution in [-0.2, 0) is 8.85 Å². The van der Waals surface area contributed by atoms with E-state index in [4.69, 9.17) is 8.85 Å². The molecule has 0 atom stereocenters. The molecule has 1 aromatic carbocycles. The van der Waals surface area contributed by atoms with Crippen molar-refractivity contribution >= 4 is 29.9 Å². The van der Waals surface area contributed by atoms with Crippen molar-refractivity contribution in [1.29, 1.82) is 0 Å². The van der Waals surface area contributed by atoms with Crippen LogP contribution in [0.2, 0.25) is 0 Å². The maximum Gasteiger partial charge on any atom is 0.192 e. The first-order valence-corrected chi connectivity index (χ1v) is 12.1. The number of benzene rings is 1. The molecule has 0 aliphatic carbocycles. The number of rotatable bonds is 10. The summed E-state index contributed by atoms with van der Waals surface area (Å²) in [6, 6.07) is 9.04. The summed E-state index contributed by atoms with van der Waals surface area (Å²) in [6.45, 7) is 18.0. The Morgan fingerprint density at radius 1 is 0.542 bits per heavy atom. The fourth-order valence-electron chi connectivity index (χ4n) is 3.43. The SMILES string of the molecule is CC(C)C(O[SiH2]c1ccc([SiH2]OC(C(C)C)C(C)C)cc1)C(C)C. The molecule has 138 valence electrons. The van der Waals surface area contributed by atoms with Crippen LogP contribution in [0.25, 0.3) is 0 Å². The average Bonchev–Trinajstić information content (AvgIpc) is 2.47. The normalized spacial score (nSPS) is 13.6. The zero-order chi connectivity index (χ0) is 18.3. The molecule has 0 radical (unpaired) electrons. The summed E-state index contributed by atoms with van der Waals surface area (Å²) in [5, 5.41) is 2.78. The fraction of sp³-hybridized carbons (Fsp3) is 0.700. The predicted octanol–water partition coefficient (Wildman–Crippen LogP) is 2.50. The average molecular weight is 367 g/mol. The Bertz CT molecular complexity index is 396. The molecule has 0 aromatic heterocycles. The molecular formula is C20H38O2Si2. The highest BCUT2D eigenvalue weighted by Crippen LogP contribution is 2.16. The van der Waals surface area contributed by atoms with E-state index in [-0.39, 0.29) is 0 Å². The first-order valence-electron chi connectivity index (χ1n) is 9.53. The zero-order valence-electron chi connectivity index (χ0n) is 17.0. The monoisotopic (exact) mass is 366 g/mol. The van der Waals surface area contributed by atoms with Crippen molar-refractivity contribution in [3.8, 4) is 0 Å². The van der Waals surface area contributed by atoms with E-state index in [1.807, 2.05) is 0 Å². The quantitative estimate of drug-likeness (QED) is 0.592. The Kier molecular flexibility index (Phi) is 9.49. The van der Waals surface area contributed by atoms with Gasteiger partial charge in [0.25, 0.3) is 0 Å². The molecule has 0 heterocycles. The minimum absolute atomic E-state index is 0.381. The topological polar surface area (TPSA) is 18.5 Å². The molecule has 0 aliphatic rings. The second-order valence-corrected chi connectivity index (χ2v) is 11.2. The van der Waals surface area contributed by atoms with E-state index in [0.717, 1.165) is 0 Å². The van der Waals surface area contributed by atoms with Crippen molar-refractivity contribution in [2.45, 2.75) is 67.6 Å². The van der Waals surface area contributed by atoms with Gasteiger partial charge in [0.15, 0.2) is 19.5 Å². The van der Waals surface area contributed by atoms with Crippen molar-refractivity contribution in [3.05, 3.63) is 24.3 Å². The molecule has 0 saturated heterocycles. The smallest absolute Gasteiger partial charge is 0.192 e. The second kappa shape index (κ2) is 10.5. The molecule has 0 spiro atoms. The maximum atomic E-state index is 6.27. The van der Waals surface area contributed by atoms with Gasteiger partial charge >= 0.3 is 0 Å². The number of hydrogen-bond acceptors (Lipinski definition) is 2. The molecule has 1 rings (SSSR count). The molecule has 0 N–H and O–H groups in total. The lowest BCUT2D eigenvalue weighted by molar-refractivity contribution is 0.113. The molecule has 1 aromatic rings. The van der Waals surface area contributed by atoms with Crippen molar-refractivity contribution in [3.63, 3.8) is 0 Å². The van der Waals surface area contributed by atoms with Crippen LogP contribution in [0, 0.1) is 23.7 Å². The van der Waals surface area contributed by atoms with E-state index in [1.165, 1.54) is 10.4 Å². The summed E-state index contributed by atoms with van der Waals surface area (Å²) in [4.78, 5) is 0. The summed E-state index contributed by atoms with van der Waals surface area (Å²) in [5.41, 5.74) is 0. The molecule has 0 saturated carbocycles. The molecule has 2 nitrogen and oxygen atoms in total. The van der Waals surface area contributed by atoms with Gasteiger partial charge in [0.2, 0.25) is 0 Å². The first-order chi connectivity index (χ1) is 11.2. The lowest BCUT2D eigenvalue weighted by atomic mass is 9.97. The zero-order valence-corrected chi connectivity index (χ0v) is 19.8. The Morgan fingerprint density at radius 3 is 1.00 bits per heavy atom. The van der Waals surface area contributed by atoms with Gasteiger partial charge in [-0.05, 0) is 34.0 Å². The maximum absolute atomic E-state index is 6.27. The van der Waals surface area contributed by atoms with Gasteiger partial charge in [-0.3, -0.25) is 0 Å². The summed E-state index contributed by atoms with van der Waals surface area (Å²) in [7, 11) is -1.28. The minimum Gasteiger partial charge on any atom is -0.415 e. The molecular weight excluding hydrogens is 328 g/mol. The fourth-order valence-corrected chi connectivity index (χ4v) is 6.59. The highest BCUT2D eigenvalue weighted by Gasteiger charge is 2.19. The molecule has 0 aliphatic heterocycles. The van der Waals surface area contributed by atoms with Gasteiger partial charge in [-0.25, -0.2) is 0 Å². The standard InChI is InChI=1S/C20H38O2Si2/c1-13(2)19(14(3)4)21-23-17-9-11-18(12-10-17)24-22-20(15(5)6)16(7)8/h9-16,19-20H,23-24H2,1-8H3. The van der Waals surface area contributed by atoms with E-state index >= 15 is 0 Å². The third-order valence-electron chi connectivity index (χ3n) is 4.54. The van der Waals surface area contributed by atoms with E-state index < -0.39 is 19.5 Å². The van der Waals surface area contributed by atoms with Gasteiger partial charge in [-0.2, -0.15) is 0 Å². The van der Waals surface area contributed by atoms with E-state index in [1.54, 1.807) is 0 Å². The van der Waals surface area contributed by atoms with Crippen LogP contribution in [0.3, 0.4) is 0 Å². The van der Waals surface area contributed by atoms with Crippen LogP contribution >= 0.6 is 0 Å². The van der Waals surface area contributed by atoms with E-state index in [0.29, 0.717) is 35.9 Å². The Balaban J connectivity index is 2.54. The van der Waals surface area contributed by atoms with Crippen molar-refractivity contribution in [2.75, 3.05) is 0 Å². The van der Waals surface area contributed by atoms with Crippen LogP contribution in [0.5, 0.6) is 0 Å². The number of hydrogen-bond donors (Lipinski definition) is 0. The molecule has 0 bridgehead atoms. The van der Waals surface area contributed by atoms with Crippen molar-refractivity contribution in [1.82, 2.24) is 0 Å². The van der Waals surface area contributed by atoms with Crippen LogP contribution < -0.4 is 10.4 Å². The van der Waals surface area contributed by atoms with Crippen LogP contribution in [0.4, 0.5) is 0 Å². The highest BCUT2D eigenvalue weighted by molar-refractivity contribution is 6.49. The predicted molar refractivity (Wildman–Crippen MR) is 112 cm³/mol. The second-order valence-electron chi connectivity index (χ2n) is 8.34. The van der Waals surface area contributed by atoms with Gasteiger partial charge in [-0.1, -0.05) is 79.7 Å². The van der Waals surface area contributed by atoms with Crippen LogP contribution in [-0.4, -0.2) is 31.7 Å². The molecule has 4 heteroatoms. The van der Waals surface area contributed by atoms with Crippen LogP contribution in [0.15, 0.2) is 24.3 Å². The van der Waals surface area contributed by atoms with Gasteiger partial charge in [0.1, 0.15) is 0 Å². The Morgan fingerprint density at radius 2 is 0.792 bits per heavy atom. The lowest BCUT2D eigenvalue weighted by Crippen LogP contribution is -2.33. The Hall–Kier alpha value is -0.426. The largest absolute Gasteiger partial charge is 0.415 e. The molecule has 0 amide bonds. The van der Waals surface area contributed by atoms with Gasteiger partial charge in [-0.15, -0.1) is 0 Å². The summed E-state index contributed by atoms with van der Waals surface area (Å²) in [5.74, 6) is 2.34. The summed E-state index contributed by atoms with van der Waals surface area (Å²) < 4.78 is 12.5. The molecule has 24 heavy (non-hydrogen) atoms. The third kappa shape index (κ3) is 7.22. The minimum atomic E-state index is -0.641. The van der Waals surface area contributed by atoms with E-state index in [9.17, 15) is 0 Å². The molecule has 0 fully saturated rings. The summed E-state index contributed by atoms with van der Waals surface area (Å²) in [6.07, 6.45) is 0.763. The first kappa shape index (κ1) is 21.6. The molecule has 0 unspecified atom stereocenters. The third-order valence-corrected chi connectivity index (χ3v) is 7.25. The highest BCUT2D eigenvalue weighted by atomic mass is 28.2. The van der Waals surface area contributed by atoms with Gasteiger partial charge in [0.05, 0.1) is 0 Å². The van der Waals surface area contributed by atoms with E-state index in [2.05, 4.69) is 79.7 Å². The van der Waals surface area contributed by atoms with Crippen molar-refractivity contribution in [2.24, 2.45) is 23.7 Å². The Labute approximate surface area is 154 Å². The summed E-state index contributed by atoms with van der Waals surface area (Å²) >= 11 is 0. The van der Waals surface area contributed by atoms with Gasteiger partial charge in [0, 0.05) is 12.2 Å². The van der Waals surface area contributed by atoms with Crippen molar-refractivity contribution < 1.29 is 8.85 Å². The van der Waals surface area contributed by atoms with Crippen LogP contribution in [0.1, 0.15) is 55.4 Å². The lowest BCUT2D eigenvalue weighted by Gasteiger charge is -2.26. The van der Waals surface area contributed by atoms with Gasteiger partial charge < -0.3 is 8.85 Å².